The van der Waals surface area contributed by atoms with Crippen LogP contribution in [0.25, 0.3) is 5.69 Å². The summed E-state index contributed by atoms with van der Waals surface area (Å²) in [7, 11) is 0. The maximum absolute atomic E-state index is 12.6. The van der Waals surface area contributed by atoms with Crippen molar-refractivity contribution in [3.8, 4) is 5.69 Å². The Bertz CT molecular complexity index is 726. The van der Waals surface area contributed by atoms with Gasteiger partial charge in [-0.25, -0.2) is 0 Å². The number of piperidine rings is 1. The molecule has 128 valence electrons. The van der Waals surface area contributed by atoms with Gasteiger partial charge >= 0.3 is 0 Å². The van der Waals surface area contributed by atoms with Crippen LogP contribution in [-0.2, 0) is 0 Å². The van der Waals surface area contributed by atoms with Gasteiger partial charge in [-0.15, -0.1) is 0 Å². The summed E-state index contributed by atoms with van der Waals surface area (Å²) in [5.74, 6) is 0.580. The third-order valence-corrected chi connectivity index (χ3v) is 4.98. The molecule has 0 bridgehead atoms. The van der Waals surface area contributed by atoms with Gasteiger partial charge in [0.2, 0.25) is 0 Å². The second-order valence-electron chi connectivity index (χ2n) is 6.83. The number of nitrogens with zero attached hydrogens (tertiary/aromatic N) is 1. The summed E-state index contributed by atoms with van der Waals surface area (Å²) in [5.41, 5.74) is 5.22. The molecule has 1 amide bonds. The fraction of sp³-hybridized carbons (Fsp3) is 0.450. The molecule has 1 aromatic carbocycles. The predicted octanol–water partition coefficient (Wildman–Crippen LogP) is 3.13. The molecule has 0 aliphatic carbocycles. The zero-order chi connectivity index (χ0) is 17.1. The van der Waals surface area contributed by atoms with Crippen LogP contribution in [0.5, 0.6) is 0 Å². The fourth-order valence-corrected chi connectivity index (χ4v) is 3.61. The highest BCUT2D eigenvalue weighted by Gasteiger charge is 2.19. The number of rotatable bonds is 4. The number of carbonyl (C=O) groups is 1. The van der Waals surface area contributed by atoms with Crippen molar-refractivity contribution in [1.29, 1.82) is 0 Å². The highest BCUT2D eigenvalue weighted by molar-refractivity contribution is 5.96. The van der Waals surface area contributed by atoms with Gasteiger partial charge in [-0.1, -0.05) is 18.2 Å². The SMILES string of the molecule is Cc1ccccc1-n1c(C)cc(C(=O)NCC2CCCNC2)c1C. The topological polar surface area (TPSA) is 46.1 Å². The number of para-hydroxylation sites is 1. The molecule has 1 fully saturated rings. The average molecular weight is 325 g/mol. The van der Waals surface area contributed by atoms with Gasteiger partial charge in [0.15, 0.2) is 0 Å². The second kappa shape index (κ2) is 7.22. The zero-order valence-electron chi connectivity index (χ0n) is 14.9. The van der Waals surface area contributed by atoms with E-state index in [4.69, 9.17) is 0 Å². The van der Waals surface area contributed by atoms with Crippen molar-refractivity contribution in [2.45, 2.75) is 33.6 Å². The van der Waals surface area contributed by atoms with E-state index in [-0.39, 0.29) is 5.91 Å². The third kappa shape index (κ3) is 3.39. The lowest BCUT2D eigenvalue weighted by Crippen LogP contribution is -2.38. The summed E-state index contributed by atoms with van der Waals surface area (Å²) in [4.78, 5) is 12.6. The molecular weight excluding hydrogens is 298 g/mol. The van der Waals surface area contributed by atoms with E-state index < -0.39 is 0 Å². The molecule has 1 aromatic heterocycles. The number of hydrogen-bond donors (Lipinski definition) is 2. The van der Waals surface area contributed by atoms with Crippen LogP contribution in [0.15, 0.2) is 30.3 Å². The minimum atomic E-state index is 0.0357. The van der Waals surface area contributed by atoms with E-state index in [2.05, 4.69) is 41.2 Å². The monoisotopic (exact) mass is 325 g/mol. The van der Waals surface area contributed by atoms with Gasteiger partial charge in [0, 0.05) is 23.6 Å². The van der Waals surface area contributed by atoms with E-state index in [0.717, 1.165) is 42.3 Å². The molecule has 4 heteroatoms. The molecule has 24 heavy (non-hydrogen) atoms. The molecule has 2 aromatic rings. The van der Waals surface area contributed by atoms with Gasteiger partial charge in [0.25, 0.3) is 5.91 Å². The Balaban J connectivity index is 1.78. The molecule has 3 rings (SSSR count). The molecule has 1 unspecified atom stereocenters. The summed E-state index contributed by atoms with van der Waals surface area (Å²) in [6.07, 6.45) is 2.39. The summed E-state index contributed by atoms with van der Waals surface area (Å²) in [6, 6.07) is 10.3. The fourth-order valence-electron chi connectivity index (χ4n) is 3.61. The Morgan fingerprint density at radius 2 is 2.08 bits per heavy atom. The highest BCUT2D eigenvalue weighted by atomic mass is 16.1. The van der Waals surface area contributed by atoms with Crippen LogP contribution in [0.1, 0.15) is 40.2 Å². The number of nitrogens with one attached hydrogen (secondary N) is 2. The van der Waals surface area contributed by atoms with Crippen LogP contribution >= 0.6 is 0 Å². The van der Waals surface area contributed by atoms with Gasteiger partial charge in [-0.3, -0.25) is 4.79 Å². The van der Waals surface area contributed by atoms with Crippen molar-refractivity contribution in [2.75, 3.05) is 19.6 Å². The van der Waals surface area contributed by atoms with Crippen molar-refractivity contribution >= 4 is 5.91 Å². The van der Waals surface area contributed by atoms with E-state index in [1.54, 1.807) is 0 Å². The molecule has 0 spiro atoms. The lowest BCUT2D eigenvalue weighted by molar-refractivity contribution is 0.0944. The van der Waals surface area contributed by atoms with E-state index in [0.29, 0.717) is 5.92 Å². The first-order valence-electron chi connectivity index (χ1n) is 8.82. The lowest BCUT2D eigenvalue weighted by Gasteiger charge is -2.22. The Hall–Kier alpha value is -2.07. The van der Waals surface area contributed by atoms with Crippen molar-refractivity contribution in [3.05, 3.63) is 52.8 Å². The van der Waals surface area contributed by atoms with Gasteiger partial charge in [-0.2, -0.15) is 0 Å². The van der Waals surface area contributed by atoms with Crippen molar-refractivity contribution < 1.29 is 4.79 Å². The summed E-state index contributed by atoms with van der Waals surface area (Å²) in [5, 5.41) is 6.52. The number of aryl methyl sites for hydroxylation is 2. The van der Waals surface area contributed by atoms with Gasteiger partial charge in [0.05, 0.1) is 5.56 Å². The Morgan fingerprint density at radius 1 is 1.29 bits per heavy atom. The van der Waals surface area contributed by atoms with Crippen LogP contribution in [0.2, 0.25) is 0 Å². The molecular formula is C20H27N3O. The first kappa shape index (κ1) is 16.8. The standard InChI is InChI=1S/C20H27N3O/c1-14-7-4-5-9-19(14)23-15(2)11-18(16(23)3)20(24)22-13-17-8-6-10-21-12-17/h4-5,7,9,11,17,21H,6,8,10,12-13H2,1-3H3,(H,22,24). The van der Waals surface area contributed by atoms with E-state index in [1.807, 2.05) is 25.1 Å². The van der Waals surface area contributed by atoms with Crippen molar-refractivity contribution in [3.63, 3.8) is 0 Å². The van der Waals surface area contributed by atoms with Gasteiger partial charge in [-0.05, 0) is 70.3 Å². The second-order valence-corrected chi connectivity index (χ2v) is 6.83. The molecule has 1 atom stereocenters. The largest absolute Gasteiger partial charge is 0.352 e. The summed E-state index contributed by atoms with van der Waals surface area (Å²) < 4.78 is 2.17. The summed E-state index contributed by atoms with van der Waals surface area (Å²) >= 11 is 0. The maximum atomic E-state index is 12.6. The average Bonchev–Trinajstić information content (AvgIpc) is 2.89. The number of carbonyl (C=O) groups excluding carboxylic acids is 1. The quantitative estimate of drug-likeness (QED) is 0.907. The molecule has 0 radical (unpaired) electrons. The van der Waals surface area contributed by atoms with Crippen LogP contribution in [-0.4, -0.2) is 30.1 Å². The number of benzene rings is 1. The zero-order valence-corrected chi connectivity index (χ0v) is 14.9. The molecule has 1 aliphatic heterocycles. The normalized spacial score (nSPS) is 17.7. The Morgan fingerprint density at radius 3 is 2.79 bits per heavy atom. The molecule has 0 saturated carbocycles. The third-order valence-electron chi connectivity index (χ3n) is 4.98. The van der Waals surface area contributed by atoms with Gasteiger partial charge < -0.3 is 15.2 Å². The van der Waals surface area contributed by atoms with Crippen LogP contribution in [0.3, 0.4) is 0 Å². The smallest absolute Gasteiger partial charge is 0.253 e. The molecule has 4 nitrogen and oxygen atoms in total. The van der Waals surface area contributed by atoms with Crippen molar-refractivity contribution in [1.82, 2.24) is 15.2 Å². The van der Waals surface area contributed by atoms with Gasteiger partial charge in [0.1, 0.15) is 0 Å². The molecule has 2 heterocycles. The van der Waals surface area contributed by atoms with Crippen molar-refractivity contribution in [2.24, 2.45) is 5.92 Å². The Labute approximate surface area is 144 Å². The van der Waals surface area contributed by atoms with E-state index in [1.165, 1.54) is 18.4 Å². The molecule has 2 N–H and O–H groups in total. The first-order valence-corrected chi connectivity index (χ1v) is 8.82. The van der Waals surface area contributed by atoms with Crippen LogP contribution < -0.4 is 10.6 Å². The molecule has 1 saturated heterocycles. The Kier molecular flexibility index (Phi) is 5.05. The highest BCUT2D eigenvalue weighted by Crippen LogP contribution is 2.23. The first-order chi connectivity index (χ1) is 11.6. The predicted molar refractivity (Wildman–Crippen MR) is 97.9 cm³/mol. The minimum absolute atomic E-state index is 0.0357. The van der Waals surface area contributed by atoms with Crippen LogP contribution in [0, 0.1) is 26.7 Å². The summed E-state index contributed by atoms with van der Waals surface area (Å²) in [6.45, 7) is 9.03. The minimum Gasteiger partial charge on any atom is -0.352 e. The lowest BCUT2D eigenvalue weighted by atomic mass is 10.00. The maximum Gasteiger partial charge on any atom is 0.253 e. The van der Waals surface area contributed by atoms with E-state index >= 15 is 0 Å². The number of amides is 1. The molecule has 1 aliphatic rings. The number of aromatic nitrogens is 1. The van der Waals surface area contributed by atoms with E-state index in [9.17, 15) is 4.79 Å². The number of hydrogen-bond acceptors (Lipinski definition) is 2. The van der Waals surface area contributed by atoms with Crippen LogP contribution in [0.4, 0.5) is 0 Å².